The fourth-order valence-electron chi connectivity index (χ4n) is 1.54. The molecular formula is C11H16N6O. The number of aryl methyl sites for hydroxylation is 1. The lowest BCUT2D eigenvalue weighted by Gasteiger charge is -1.99. The van der Waals surface area contributed by atoms with Crippen LogP contribution in [0.2, 0.25) is 0 Å². The Kier molecular flexibility index (Phi) is 3.73. The van der Waals surface area contributed by atoms with E-state index in [1.165, 1.54) is 0 Å². The van der Waals surface area contributed by atoms with Gasteiger partial charge in [-0.2, -0.15) is 5.10 Å². The van der Waals surface area contributed by atoms with E-state index in [4.69, 9.17) is 5.73 Å². The number of carbonyl (C=O) groups is 1. The second-order valence-electron chi connectivity index (χ2n) is 3.82. The molecule has 2 aromatic rings. The number of hydrogen-bond acceptors (Lipinski definition) is 4. The summed E-state index contributed by atoms with van der Waals surface area (Å²) in [5.41, 5.74) is 6.46. The highest BCUT2D eigenvalue weighted by Crippen LogP contribution is 2.07. The Bertz CT molecular complexity index is 529. The van der Waals surface area contributed by atoms with E-state index in [-0.39, 0.29) is 5.91 Å². The third-order valence-corrected chi connectivity index (χ3v) is 2.47. The van der Waals surface area contributed by atoms with Crippen molar-refractivity contribution in [3.8, 4) is 0 Å². The molecule has 0 fully saturated rings. The van der Waals surface area contributed by atoms with Gasteiger partial charge in [-0.05, 0) is 6.92 Å². The maximum absolute atomic E-state index is 11.9. The number of nitrogens with one attached hydrogen (secondary N) is 1. The first-order valence-electron chi connectivity index (χ1n) is 5.78. The van der Waals surface area contributed by atoms with E-state index < -0.39 is 0 Å². The van der Waals surface area contributed by atoms with Crippen molar-refractivity contribution in [1.82, 2.24) is 19.3 Å². The second kappa shape index (κ2) is 5.46. The number of amides is 1. The molecule has 7 heteroatoms. The molecular weight excluding hydrogens is 232 g/mol. The fourth-order valence-corrected chi connectivity index (χ4v) is 1.54. The number of imidazole rings is 1. The molecule has 0 aliphatic rings. The molecule has 0 bridgehead atoms. The molecule has 2 aromatic heterocycles. The van der Waals surface area contributed by atoms with Crippen LogP contribution in [0.25, 0.3) is 0 Å². The highest BCUT2D eigenvalue weighted by atomic mass is 16.1. The summed E-state index contributed by atoms with van der Waals surface area (Å²) in [5.74, 6) is -0.249. The van der Waals surface area contributed by atoms with E-state index in [1.54, 1.807) is 34.2 Å². The Morgan fingerprint density at radius 1 is 1.50 bits per heavy atom. The second-order valence-corrected chi connectivity index (χ2v) is 3.82. The molecule has 0 aromatic carbocycles. The van der Waals surface area contributed by atoms with Crippen LogP contribution in [0.1, 0.15) is 17.4 Å². The lowest BCUT2D eigenvalue weighted by molar-refractivity contribution is 0.102. The number of anilines is 1. The summed E-state index contributed by atoms with van der Waals surface area (Å²) >= 11 is 0. The Morgan fingerprint density at radius 2 is 2.33 bits per heavy atom. The van der Waals surface area contributed by atoms with Gasteiger partial charge in [0.05, 0.1) is 18.2 Å². The van der Waals surface area contributed by atoms with Crippen LogP contribution in [-0.2, 0) is 13.1 Å². The molecule has 0 aliphatic carbocycles. The largest absolute Gasteiger partial charge is 0.335 e. The van der Waals surface area contributed by atoms with Gasteiger partial charge in [0.25, 0.3) is 5.91 Å². The quantitative estimate of drug-likeness (QED) is 0.796. The molecule has 0 unspecified atom stereocenters. The van der Waals surface area contributed by atoms with Crippen molar-refractivity contribution < 1.29 is 4.79 Å². The zero-order valence-corrected chi connectivity index (χ0v) is 10.2. The van der Waals surface area contributed by atoms with Crippen molar-refractivity contribution in [3.05, 3.63) is 30.6 Å². The van der Waals surface area contributed by atoms with Gasteiger partial charge < -0.3 is 15.6 Å². The molecule has 96 valence electrons. The van der Waals surface area contributed by atoms with Crippen LogP contribution in [0.4, 0.5) is 5.69 Å². The topological polar surface area (TPSA) is 90.8 Å². The van der Waals surface area contributed by atoms with Crippen molar-refractivity contribution >= 4 is 11.6 Å². The minimum Gasteiger partial charge on any atom is -0.335 e. The Balaban J connectivity index is 2.02. The number of hydrogen-bond donors (Lipinski definition) is 2. The van der Waals surface area contributed by atoms with Gasteiger partial charge in [-0.25, -0.2) is 4.98 Å². The van der Waals surface area contributed by atoms with E-state index in [2.05, 4.69) is 15.4 Å². The van der Waals surface area contributed by atoms with E-state index in [0.717, 1.165) is 6.54 Å². The van der Waals surface area contributed by atoms with Crippen LogP contribution in [0.15, 0.2) is 24.9 Å². The highest BCUT2D eigenvalue weighted by molar-refractivity contribution is 6.02. The molecule has 0 saturated heterocycles. The first-order valence-corrected chi connectivity index (χ1v) is 5.78. The summed E-state index contributed by atoms with van der Waals surface area (Å²) in [7, 11) is 0. The van der Waals surface area contributed by atoms with Gasteiger partial charge in [-0.15, -0.1) is 0 Å². The van der Waals surface area contributed by atoms with Crippen LogP contribution >= 0.6 is 0 Å². The van der Waals surface area contributed by atoms with E-state index in [9.17, 15) is 4.79 Å². The number of nitrogens with zero attached hydrogens (tertiary/aromatic N) is 4. The smallest absolute Gasteiger partial charge is 0.275 e. The maximum Gasteiger partial charge on any atom is 0.275 e. The van der Waals surface area contributed by atoms with Crippen LogP contribution in [0.3, 0.4) is 0 Å². The molecule has 2 heterocycles. The van der Waals surface area contributed by atoms with Crippen LogP contribution < -0.4 is 11.1 Å². The molecule has 7 nitrogen and oxygen atoms in total. The zero-order valence-electron chi connectivity index (χ0n) is 10.2. The monoisotopic (exact) mass is 248 g/mol. The van der Waals surface area contributed by atoms with Crippen molar-refractivity contribution in [1.29, 1.82) is 0 Å². The minimum atomic E-state index is -0.249. The fraction of sp³-hybridized carbons (Fsp3) is 0.364. The van der Waals surface area contributed by atoms with Gasteiger partial charge in [0.1, 0.15) is 5.69 Å². The third kappa shape index (κ3) is 2.75. The number of aromatic nitrogens is 4. The summed E-state index contributed by atoms with van der Waals surface area (Å²) < 4.78 is 3.52. The lowest BCUT2D eigenvalue weighted by atomic mass is 10.4. The van der Waals surface area contributed by atoms with Crippen LogP contribution in [-0.4, -0.2) is 31.8 Å². The molecule has 0 atom stereocenters. The third-order valence-electron chi connectivity index (χ3n) is 2.47. The summed E-state index contributed by atoms with van der Waals surface area (Å²) in [5, 5.41) is 6.81. The molecule has 2 rings (SSSR count). The van der Waals surface area contributed by atoms with Gasteiger partial charge in [0.2, 0.25) is 0 Å². The normalized spacial score (nSPS) is 10.6. The van der Waals surface area contributed by atoms with Crippen molar-refractivity contribution in [3.63, 3.8) is 0 Å². The molecule has 0 spiro atoms. The number of nitrogens with two attached hydrogens (primary N) is 1. The lowest BCUT2D eigenvalue weighted by Crippen LogP contribution is -2.12. The summed E-state index contributed by atoms with van der Waals surface area (Å²) in [6.07, 6.45) is 6.65. The molecule has 18 heavy (non-hydrogen) atoms. The van der Waals surface area contributed by atoms with Crippen molar-refractivity contribution in [2.24, 2.45) is 5.73 Å². The first kappa shape index (κ1) is 12.3. The predicted molar refractivity (Wildman–Crippen MR) is 67.1 cm³/mol. The Labute approximate surface area is 105 Å². The molecule has 1 amide bonds. The number of rotatable bonds is 5. The van der Waals surface area contributed by atoms with E-state index in [1.807, 2.05) is 6.92 Å². The predicted octanol–water partition coefficient (Wildman–Crippen LogP) is 0.310. The zero-order chi connectivity index (χ0) is 13.0. The van der Waals surface area contributed by atoms with Crippen molar-refractivity contribution in [2.75, 3.05) is 11.9 Å². The Hall–Kier alpha value is -2.15. The standard InChI is InChI=1S/C11H16N6O/c1-2-17-6-9(5-14-17)15-11(18)10-7-16(4-3-12)8-13-10/h5-8H,2-4,12H2,1H3,(H,15,18). The molecule has 0 aliphatic heterocycles. The van der Waals surface area contributed by atoms with Gasteiger partial charge in [0.15, 0.2) is 0 Å². The molecule has 3 N–H and O–H groups in total. The number of carbonyl (C=O) groups excluding carboxylic acids is 1. The summed E-state index contributed by atoms with van der Waals surface area (Å²) in [6, 6.07) is 0. The average molecular weight is 248 g/mol. The van der Waals surface area contributed by atoms with Gasteiger partial charge >= 0.3 is 0 Å². The van der Waals surface area contributed by atoms with E-state index in [0.29, 0.717) is 24.5 Å². The van der Waals surface area contributed by atoms with E-state index >= 15 is 0 Å². The highest BCUT2D eigenvalue weighted by Gasteiger charge is 2.10. The summed E-state index contributed by atoms with van der Waals surface area (Å²) in [4.78, 5) is 15.9. The van der Waals surface area contributed by atoms with Crippen LogP contribution in [0.5, 0.6) is 0 Å². The first-order chi connectivity index (χ1) is 8.72. The average Bonchev–Trinajstić information content (AvgIpc) is 2.98. The van der Waals surface area contributed by atoms with Gasteiger partial charge in [-0.1, -0.05) is 0 Å². The van der Waals surface area contributed by atoms with Crippen LogP contribution in [0, 0.1) is 0 Å². The summed E-state index contributed by atoms with van der Waals surface area (Å²) in [6.45, 7) is 3.91. The minimum absolute atomic E-state index is 0.249. The maximum atomic E-state index is 11.9. The SMILES string of the molecule is CCn1cc(NC(=O)c2cn(CCN)cn2)cn1. The van der Waals surface area contributed by atoms with Gasteiger partial charge in [-0.3, -0.25) is 9.48 Å². The van der Waals surface area contributed by atoms with Gasteiger partial charge in [0, 0.05) is 32.0 Å². The molecule has 0 radical (unpaired) electrons. The Morgan fingerprint density at radius 3 is 3.00 bits per heavy atom. The molecule has 0 saturated carbocycles. The van der Waals surface area contributed by atoms with Crippen molar-refractivity contribution in [2.45, 2.75) is 20.0 Å².